The summed E-state index contributed by atoms with van der Waals surface area (Å²) in [5.74, 6) is 6.04. The van der Waals surface area contributed by atoms with Gasteiger partial charge in [-0.3, -0.25) is 0 Å². The molecule has 0 bridgehead atoms. The summed E-state index contributed by atoms with van der Waals surface area (Å²) in [7, 11) is 1.97. The molecule has 0 spiro atoms. The van der Waals surface area contributed by atoms with Crippen LogP contribution in [0.4, 0.5) is 0 Å². The molecule has 0 fully saturated rings. The molecule has 0 aliphatic rings. The van der Waals surface area contributed by atoms with Crippen LogP contribution in [-0.4, -0.2) is 7.05 Å². The quantitative estimate of drug-likeness (QED) is 0.826. The van der Waals surface area contributed by atoms with Crippen LogP contribution in [0.15, 0.2) is 22.7 Å². The van der Waals surface area contributed by atoms with E-state index in [0.29, 0.717) is 6.04 Å². The Morgan fingerprint density at radius 3 is 2.73 bits per heavy atom. The van der Waals surface area contributed by atoms with E-state index in [1.165, 1.54) is 11.1 Å². The molecule has 0 heterocycles. The summed E-state index contributed by atoms with van der Waals surface area (Å²) in [5, 5.41) is 3.28. The number of benzene rings is 1. The zero-order chi connectivity index (χ0) is 11.3. The van der Waals surface area contributed by atoms with Gasteiger partial charge in [0, 0.05) is 16.9 Å². The van der Waals surface area contributed by atoms with E-state index in [4.69, 9.17) is 0 Å². The third-order valence-corrected chi connectivity index (χ3v) is 3.31. The van der Waals surface area contributed by atoms with Gasteiger partial charge >= 0.3 is 0 Å². The van der Waals surface area contributed by atoms with E-state index < -0.39 is 0 Å². The van der Waals surface area contributed by atoms with Crippen LogP contribution >= 0.6 is 15.9 Å². The first-order valence-corrected chi connectivity index (χ1v) is 5.81. The van der Waals surface area contributed by atoms with Crippen LogP contribution in [0.2, 0.25) is 0 Å². The van der Waals surface area contributed by atoms with E-state index in [1.54, 1.807) is 0 Å². The standard InChI is InChI=1S/C13H16BrN/c1-4-5-6-13(15-3)11-7-8-12(14)10(2)9-11/h7-9,13,15H,6H2,1-3H3. The third-order valence-electron chi connectivity index (χ3n) is 2.42. The maximum Gasteiger partial charge on any atom is 0.0428 e. The smallest absolute Gasteiger partial charge is 0.0428 e. The number of hydrogen-bond acceptors (Lipinski definition) is 1. The first-order chi connectivity index (χ1) is 7.19. The highest BCUT2D eigenvalue weighted by Crippen LogP contribution is 2.22. The van der Waals surface area contributed by atoms with Crippen molar-refractivity contribution in [3.05, 3.63) is 33.8 Å². The molecule has 80 valence electrons. The van der Waals surface area contributed by atoms with Gasteiger partial charge in [-0.1, -0.05) is 28.1 Å². The molecule has 1 rings (SSSR count). The molecule has 0 aliphatic carbocycles. The van der Waals surface area contributed by atoms with Crippen LogP contribution in [0, 0.1) is 18.8 Å². The Hall–Kier alpha value is -0.780. The van der Waals surface area contributed by atoms with Crippen LogP contribution in [-0.2, 0) is 0 Å². The van der Waals surface area contributed by atoms with Gasteiger partial charge in [0.2, 0.25) is 0 Å². The molecule has 0 saturated carbocycles. The lowest BCUT2D eigenvalue weighted by Crippen LogP contribution is -2.15. The summed E-state index contributed by atoms with van der Waals surface area (Å²) in [5.41, 5.74) is 2.55. The topological polar surface area (TPSA) is 12.0 Å². The Balaban J connectivity index is 2.90. The van der Waals surface area contributed by atoms with Gasteiger partial charge in [0.25, 0.3) is 0 Å². The maximum atomic E-state index is 3.50. The molecule has 1 aromatic rings. The molecule has 1 N–H and O–H groups in total. The normalized spacial score (nSPS) is 11.7. The molecule has 1 nitrogen and oxygen atoms in total. The van der Waals surface area contributed by atoms with Crippen molar-refractivity contribution in [2.24, 2.45) is 0 Å². The Labute approximate surface area is 100 Å². The first kappa shape index (κ1) is 12.3. The van der Waals surface area contributed by atoms with Crippen molar-refractivity contribution in [1.82, 2.24) is 5.32 Å². The fraction of sp³-hybridized carbons (Fsp3) is 0.385. The predicted octanol–water partition coefficient (Wildman–Crippen LogP) is 3.43. The van der Waals surface area contributed by atoms with E-state index >= 15 is 0 Å². The Morgan fingerprint density at radius 1 is 1.47 bits per heavy atom. The summed E-state index contributed by atoms with van der Waals surface area (Å²) in [6.45, 7) is 3.98. The lowest BCUT2D eigenvalue weighted by Gasteiger charge is -2.14. The average molecular weight is 266 g/mol. The van der Waals surface area contributed by atoms with Crippen molar-refractivity contribution in [1.29, 1.82) is 0 Å². The van der Waals surface area contributed by atoms with Gasteiger partial charge in [-0.05, 0) is 38.1 Å². The fourth-order valence-electron chi connectivity index (χ4n) is 1.48. The molecule has 0 amide bonds. The van der Waals surface area contributed by atoms with Gasteiger partial charge in [0.15, 0.2) is 0 Å². The predicted molar refractivity (Wildman–Crippen MR) is 68.7 cm³/mol. The maximum absolute atomic E-state index is 3.50. The van der Waals surface area contributed by atoms with E-state index in [-0.39, 0.29) is 0 Å². The van der Waals surface area contributed by atoms with E-state index in [0.717, 1.165) is 10.9 Å². The second-order valence-electron chi connectivity index (χ2n) is 3.48. The van der Waals surface area contributed by atoms with Gasteiger partial charge in [-0.15, -0.1) is 11.8 Å². The number of hydrogen-bond donors (Lipinski definition) is 1. The highest BCUT2D eigenvalue weighted by atomic mass is 79.9. The first-order valence-electron chi connectivity index (χ1n) is 5.02. The molecule has 15 heavy (non-hydrogen) atoms. The molecule has 1 unspecified atom stereocenters. The van der Waals surface area contributed by atoms with Gasteiger partial charge in [0.05, 0.1) is 0 Å². The monoisotopic (exact) mass is 265 g/mol. The minimum atomic E-state index is 0.323. The molecular weight excluding hydrogens is 250 g/mol. The second kappa shape index (κ2) is 5.95. The van der Waals surface area contributed by atoms with E-state index in [1.807, 2.05) is 14.0 Å². The number of halogens is 1. The minimum absolute atomic E-state index is 0.323. The molecule has 0 saturated heterocycles. The zero-order valence-electron chi connectivity index (χ0n) is 9.39. The molecule has 2 heteroatoms. The molecule has 1 aromatic carbocycles. The van der Waals surface area contributed by atoms with Crippen LogP contribution in [0.25, 0.3) is 0 Å². The molecular formula is C13H16BrN. The van der Waals surface area contributed by atoms with Gasteiger partial charge in [0.1, 0.15) is 0 Å². The van der Waals surface area contributed by atoms with Gasteiger partial charge < -0.3 is 5.32 Å². The largest absolute Gasteiger partial charge is 0.312 e. The summed E-state index contributed by atoms with van der Waals surface area (Å²) in [4.78, 5) is 0. The summed E-state index contributed by atoms with van der Waals surface area (Å²) in [6, 6.07) is 6.75. The zero-order valence-corrected chi connectivity index (χ0v) is 11.0. The summed E-state index contributed by atoms with van der Waals surface area (Å²) in [6.07, 6.45) is 0.855. The van der Waals surface area contributed by atoms with Crippen molar-refractivity contribution in [2.45, 2.75) is 26.3 Å². The average Bonchev–Trinajstić information content (AvgIpc) is 2.24. The van der Waals surface area contributed by atoms with Crippen molar-refractivity contribution < 1.29 is 0 Å². The fourth-order valence-corrected chi connectivity index (χ4v) is 1.72. The van der Waals surface area contributed by atoms with Crippen LogP contribution in [0.3, 0.4) is 0 Å². The van der Waals surface area contributed by atoms with Crippen molar-refractivity contribution in [3.8, 4) is 11.8 Å². The van der Waals surface area contributed by atoms with Gasteiger partial charge in [-0.2, -0.15) is 0 Å². The minimum Gasteiger partial charge on any atom is -0.312 e. The number of rotatable bonds is 3. The van der Waals surface area contributed by atoms with E-state index in [2.05, 4.69) is 58.2 Å². The van der Waals surface area contributed by atoms with Crippen molar-refractivity contribution in [2.75, 3.05) is 7.05 Å². The summed E-state index contributed by atoms with van der Waals surface area (Å²) >= 11 is 3.50. The highest BCUT2D eigenvalue weighted by Gasteiger charge is 2.08. The Bertz CT molecular complexity index is 387. The SMILES string of the molecule is CC#CCC(NC)c1ccc(Br)c(C)c1. The Kier molecular flexibility index (Phi) is 4.87. The molecule has 1 atom stereocenters. The number of aryl methyl sites for hydroxylation is 1. The second-order valence-corrected chi connectivity index (χ2v) is 4.34. The molecule has 0 aromatic heterocycles. The lowest BCUT2D eigenvalue weighted by atomic mass is 10.0. The Morgan fingerprint density at radius 2 is 2.20 bits per heavy atom. The number of nitrogens with one attached hydrogen (secondary N) is 1. The van der Waals surface area contributed by atoms with E-state index in [9.17, 15) is 0 Å². The molecule has 0 aliphatic heterocycles. The van der Waals surface area contributed by atoms with Crippen molar-refractivity contribution in [3.63, 3.8) is 0 Å². The summed E-state index contributed by atoms with van der Waals surface area (Å²) < 4.78 is 1.16. The van der Waals surface area contributed by atoms with Gasteiger partial charge in [-0.25, -0.2) is 0 Å². The lowest BCUT2D eigenvalue weighted by molar-refractivity contribution is 0.611. The van der Waals surface area contributed by atoms with Crippen LogP contribution < -0.4 is 5.32 Å². The molecule has 0 radical (unpaired) electrons. The third kappa shape index (κ3) is 3.37. The van der Waals surface area contributed by atoms with Crippen LogP contribution in [0.1, 0.15) is 30.5 Å². The van der Waals surface area contributed by atoms with Crippen molar-refractivity contribution >= 4 is 15.9 Å². The van der Waals surface area contributed by atoms with Crippen LogP contribution in [0.5, 0.6) is 0 Å². The highest BCUT2D eigenvalue weighted by molar-refractivity contribution is 9.10.